The molecule has 0 radical (unpaired) electrons. The van der Waals surface area contributed by atoms with Crippen LogP contribution in [0.25, 0.3) is 0 Å². The molecule has 114 valence electrons. The van der Waals surface area contributed by atoms with Crippen LogP contribution >= 0.6 is 23.7 Å². The summed E-state index contributed by atoms with van der Waals surface area (Å²) in [5.41, 5.74) is -0.470. The Morgan fingerprint density at radius 3 is 2.80 bits per heavy atom. The van der Waals surface area contributed by atoms with Gasteiger partial charge in [-0.1, -0.05) is 25.2 Å². The third-order valence-electron chi connectivity index (χ3n) is 3.39. The molecule has 1 fully saturated rings. The van der Waals surface area contributed by atoms with Crippen LogP contribution < -0.4 is 10.6 Å². The molecule has 0 bridgehead atoms. The third kappa shape index (κ3) is 4.40. The molecule has 1 saturated heterocycles. The Morgan fingerprint density at radius 2 is 2.20 bits per heavy atom. The van der Waals surface area contributed by atoms with E-state index in [9.17, 15) is 4.79 Å². The van der Waals surface area contributed by atoms with Gasteiger partial charge >= 0.3 is 0 Å². The molecule has 1 aliphatic rings. The number of rotatable bonds is 4. The number of nitrogens with zero attached hydrogens (tertiary/aromatic N) is 2. The van der Waals surface area contributed by atoms with Gasteiger partial charge in [0.05, 0.1) is 5.54 Å². The number of halogens is 1. The lowest BCUT2D eigenvalue weighted by molar-refractivity contribution is -0.122. The first-order valence-electron chi connectivity index (χ1n) is 6.88. The standard InChI is InChI=1S/C13H22N4OS.ClH/c1-9(2)8-10-16-17-12(19-10)15-11(18)13(3)6-4-5-7-14-13;/h9,14H,4-8H2,1-3H3,(H,15,17,18);1H. The van der Waals surface area contributed by atoms with E-state index >= 15 is 0 Å². The van der Waals surface area contributed by atoms with E-state index in [-0.39, 0.29) is 18.3 Å². The van der Waals surface area contributed by atoms with Gasteiger partial charge in [-0.15, -0.1) is 22.6 Å². The van der Waals surface area contributed by atoms with E-state index in [2.05, 4.69) is 34.7 Å². The molecule has 2 heterocycles. The zero-order valence-corrected chi connectivity index (χ0v) is 13.9. The lowest BCUT2D eigenvalue weighted by atomic mass is 9.90. The van der Waals surface area contributed by atoms with Gasteiger partial charge in [-0.2, -0.15) is 0 Å². The SMILES string of the molecule is CC(C)Cc1nnc(NC(=O)C2(C)CCCCN2)s1.Cl. The number of carbonyl (C=O) groups excluding carboxylic acids is 1. The highest BCUT2D eigenvalue weighted by Crippen LogP contribution is 2.23. The van der Waals surface area contributed by atoms with Crippen LogP contribution in [0.5, 0.6) is 0 Å². The predicted molar refractivity (Wildman–Crippen MR) is 84.6 cm³/mol. The highest BCUT2D eigenvalue weighted by molar-refractivity contribution is 7.15. The summed E-state index contributed by atoms with van der Waals surface area (Å²) < 4.78 is 0. The minimum atomic E-state index is -0.470. The smallest absolute Gasteiger partial charge is 0.246 e. The van der Waals surface area contributed by atoms with Gasteiger partial charge in [0.1, 0.15) is 5.01 Å². The van der Waals surface area contributed by atoms with Crippen molar-refractivity contribution in [1.29, 1.82) is 0 Å². The van der Waals surface area contributed by atoms with Gasteiger partial charge in [-0.25, -0.2) is 0 Å². The first-order valence-corrected chi connectivity index (χ1v) is 7.70. The first kappa shape index (κ1) is 17.3. The zero-order chi connectivity index (χ0) is 13.9. The fraction of sp³-hybridized carbons (Fsp3) is 0.769. The Morgan fingerprint density at radius 1 is 1.45 bits per heavy atom. The number of carbonyl (C=O) groups is 1. The van der Waals surface area contributed by atoms with Crippen LogP contribution in [-0.4, -0.2) is 28.2 Å². The summed E-state index contributed by atoms with van der Waals surface area (Å²) in [6.45, 7) is 7.15. The number of nitrogens with one attached hydrogen (secondary N) is 2. The zero-order valence-electron chi connectivity index (χ0n) is 12.2. The summed E-state index contributed by atoms with van der Waals surface area (Å²) in [6, 6.07) is 0. The van der Waals surface area contributed by atoms with E-state index in [0.717, 1.165) is 37.2 Å². The molecule has 1 amide bonds. The Balaban J connectivity index is 0.00000200. The molecule has 20 heavy (non-hydrogen) atoms. The van der Waals surface area contributed by atoms with Gasteiger partial charge in [0.25, 0.3) is 0 Å². The molecule has 7 heteroatoms. The number of hydrogen-bond acceptors (Lipinski definition) is 5. The van der Waals surface area contributed by atoms with E-state index in [1.54, 1.807) is 0 Å². The van der Waals surface area contributed by atoms with Crippen LogP contribution in [-0.2, 0) is 11.2 Å². The molecule has 0 saturated carbocycles. The molecular weight excluding hydrogens is 296 g/mol. The van der Waals surface area contributed by atoms with Crippen molar-refractivity contribution in [3.05, 3.63) is 5.01 Å². The summed E-state index contributed by atoms with van der Waals surface area (Å²) in [5.74, 6) is 0.550. The van der Waals surface area contributed by atoms with Crippen molar-refractivity contribution in [3.8, 4) is 0 Å². The number of hydrogen-bond donors (Lipinski definition) is 2. The molecule has 2 N–H and O–H groups in total. The number of aromatic nitrogens is 2. The average molecular weight is 319 g/mol. The molecule has 0 aliphatic carbocycles. The van der Waals surface area contributed by atoms with Gasteiger partial charge in [0.15, 0.2) is 0 Å². The second-order valence-electron chi connectivity index (χ2n) is 5.77. The van der Waals surface area contributed by atoms with Crippen molar-refractivity contribution in [2.45, 2.75) is 52.0 Å². The van der Waals surface area contributed by atoms with Crippen LogP contribution in [0.2, 0.25) is 0 Å². The maximum Gasteiger partial charge on any atom is 0.246 e. The second-order valence-corrected chi connectivity index (χ2v) is 6.83. The lowest BCUT2D eigenvalue weighted by Crippen LogP contribution is -2.54. The fourth-order valence-electron chi connectivity index (χ4n) is 2.22. The van der Waals surface area contributed by atoms with Crippen molar-refractivity contribution in [3.63, 3.8) is 0 Å². The first-order chi connectivity index (χ1) is 8.99. The largest absolute Gasteiger partial charge is 0.304 e. The second kappa shape index (κ2) is 7.33. The molecule has 2 rings (SSSR count). The van der Waals surface area contributed by atoms with Crippen LogP contribution in [0.1, 0.15) is 45.0 Å². The predicted octanol–water partition coefficient (Wildman–Crippen LogP) is 2.63. The summed E-state index contributed by atoms with van der Waals surface area (Å²) in [6.07, 6.45) is 4.01. The summed E-state index contributed by atoms with van der Waals surface area (Å²) in [4.78, 5) is 12.3. The Kier molecular flexibility index (Phi) is 6.36. The number of anilines is 1. The molecule has 1 aromatic rings. The molecule has 1 aromatic heterocycles. The highest BCUT2D eigenvalue weighted by atomic mass is 35.5. The normalized spacial score (nSPS) is 22.4. The van der Waals surface area contributed by atoms with Gasteiger partial charge < -0.3 is 5.32 Å². The minimum absolute atomic E-state index is 0. The van der Waals surface area contributed by atoms with Crippen LogP contribution in [0.15, 0.2) is 0 Å². The van der Waals surface area contributed by atoms with Crippen molar-refractivity contribution in [2.24, 2.45) is 5.92 Å². The minimum Gasteiger partial charge on any atom is -0.304 e. The van der Waals surface area contributed by atoms with Gasteiger partial charge in [-0.3, -0.25) is 10.1 Å². The molecule has 1 unspecified atom stereocenters. The Hall–Kier alpha value is -0.720. The fourth-order valence-corrected chi connectivity index (χ4v) is 3.17. The quantitative estimate of drug-likeness (QED) is 0.895. The van der Waals surface area contributed by atoms with Crippen molar-refractivity contribution < 1.29 is 4.79 Å². The Labute approximate surface area is 130 Å². The van der Waals surface area contributed by atoms with Crippen molar-refractivity contribution >= 4 is 34.8 Å². The maximum absolute atomic E-state index is 12.3. The third-order valence-corrected chi connectivity index (χ3v) is 4.25. The van der Waals surface area contributed by atoms with E-state index < -0.39 is 5.54 Å². The number of piperidine rings is 1. The van der Waals surface area contributed by atoms with Crippen LogP contribution in [0.4, 0.5) is 5.13 Å². The monoisotopic (exact) mass is 318 g/mol. The molecule has 0 spiro atoms. The molecule has 0 aromatic carbocycles. The van der Waals surface area contributed by atoms with Gasteiger partial charge in [-0.05, 0) is 38.6 Å². The van der Waals surface area contributed by atoms with E-state index in [0.29, 0.717) is 11.0 Å². The van der Waals surface area contributed by atoms with E-state index in [1.165, 1.54) is 11.3 Å². The summed E-state index contributed by atoms with van der Waals surface area (Å²) in [5, 5.41) is 15.9. The van der Waals surface area contributed by atoms with Crippen molar-refractivity contribution in [2.75, 3.05) is 11.9 Å². The molecule has 1 atom stereocenters. The average Bonchev–Trinajstić information content (AvgIpc) is 2.76. The number of amides is 1. The highest BCUT2D eigenvalue weighted by Gasteiger charge is 2.34. The maximum atomic E-state index is 12.3. The van der Waals surface area contributed by atoms with Gasteiger partial charge in [0.2, 0.25) is 11.0 Å². The topological polar surface area (TPSA) is 66.9 Å². The van der Waals surface area contributed by atoms with Gasteiger partial charge in [0, 0.05) is 6.42 Å². The van der Waals surface area contributed by atoms with Crippen LogP contribution in [0, 0.1) is 5.92 Å². The lowest BCUT2D eigenvalue weighted by Gasteiger charge is -2.32. The molecule has 5 nitrogen and oxygen atoms in total. The van der Waals surface area contributed by atoms with E-state index in [1.807, 2.05) is 6.92 Å². The summed E-state index contributed by atoms with van der Waals surface area (Å²) in [7, 11) is 0. The van der Waals surface area contributed by atoms with Crippen molar-refractivity contribution in [1.82, 2.24) is 15.5 Å². The Bertz CT molecular complexity index is 443. The molecule has 1 aliphatic heterocycles. The summed E-state index contributed by atoms with van der Waals surface area (Å²) >= 11 is 1.47. The van der Waals surface area contributed by atoms with Crippen LogP contribution in [0.3, 0.4) is 0 Å². The van der Waals surface area contributed by atoms with E-state index in [4.69, 9.17) is 0 Å². The molecular formula is C13H23ClN4OS.